The molecule has 0 aliphatic carbocycles. The molecular formula is C44H48BrCl4F7N6O8. The van der Waals surface area contributed by atoms with Gasteiger partial charge in [-0.25, -0.2) is 32.4 Å². The van der Waals surface area contributed by atoms with Crippen molar-refractivity contribution in [1.82, 2.24) is 31.1 Å². The molecule has 6 rings (SSSR count). The summed E-state index contributed by atoms with van der Waals surface area (Å²) in [5, 5.41) is 15.1. The number of carbonyl (C=O) groups excluding carboxylic acids is 2. The molecule has 0 aromatic heterocycles. The number of benzene rings is 4. The first-order chi connectivity index (χ1) is 33.2. The van der Waals surface area contributed by atoms with E-state index in [1.165, 1.54) is 48.5 Å². The van der Waals surface area contributed by atoms with Crippen LogP contribution in [0.25, 0.3) is 0 Å². The summed E-state index contributed by atoms with van der Waals surface area (Å²) in [5.41, 5.74) is 5.51. The van der Waals surface area contributed by atoms with E-state index in [1.807, 2.05) is 10.0 Å². The summed E-state index contributed by atoms with van der Waals surface area (Å²) in [6.07, 6.45) is -3.40. The van der Waals surface area contributed by atoms with Gasteiger partial charge in [0.25, 0.3) is 11.8 Å². The maximum Gasteiger partial charge on any atom is 0.490 e. The first-order valence-electron chi connectivity index (χ1n) is 20.9. The quantitative estimate of drug-likeness (QED) is 0.0454. The van der Waals surface area contributed by atoms with Crippen LogP contribution in [0, 0.1) is 23.3 Å². The number of hydrogen-bond donors (Lipinski definition) is 4. The first kappa shape index (κ1) is 59.8. The molecule has 2 heterocycles. The minimum Gasteiger partial charge on any atom is -0.493 e. The lowest BCUT2D eigenvalue weighted by Crippen LogP contribution is -2.54. The smallest absolute Gasteiger partial charge is 0.490 e. The monoisotopic (exact) mass is 1140 g/mol. The zero-order valence-corrected chi connectivity index (χ0v) is 41.5. The molecule has 2 aliphatic rings. The number of carboxylic acid groups (broad SMARTS) is 1. The summed E-state index contributed by atoms with van der Waals surface area (Å²) in [7, 11) is 0. The summed E-state index contributed by atoms with van der Waals surface area (Å²) < 4.78 is 106. The van der Waals surface area contributed by atoms with Gasteiger partial charge in [0, 0.05) is 88.5 Å². The fourth-order valence-electron chi connectivity index (χ4n) is 5.56. The molecule has 2 amide bonds. The van der Waals surface area contributed by atoms with Crippen molar-refractivity contribution in [2.24, 2.45) is 0 Å². The van der Waals surface area contributed by atoms with E-state index in [1.54, 1.807) is 12.1 Å². The second kappa shape index (κ2) is 31.7. The molecule has 386 valence electrons. The van der Waals surface area contributed by atoms with Crippen LogP contribution in [0.3, 0.4) is 0 Å². The largest absolute Gasteiger partial charge is 0.493 e. The minimum absolute atomic E-state index is 0.000103. The second-order valence-corrected chi connectivity index (χ2v) is 16.8. The van der Waals surface area contributed by atoms with Crippen molar-refractivity contribution in [2.75, 3.05) is 90.7 Å². The zero-order valence-electron chi connectivity index (χ0n) is 36.9. The third kappa shape index (κ3) is 24.1. The van der Waals surface area contributed by atoms with Crippen LogP contribution < -0.4 is 35.1 Å². The number of amides is 2. The summed E-state index contributed by atoms with van der Waals surface area (Å²) in [6, 6.07) is 16.9. The number of hydrazine groups is 2. The van der Waals surface area contributed by atoms with E-state index in [4.69, 9.17) is 75.3 Å². The Bertz CT molecular complexity index is 2270. The van der Waals surface area contributed by atoms with Crippen LogP contribution in [0.5, 0.6) is 23.0 Å². The van der Waals surface area contributed by atoms with Crippen LogP contribution in [0.15, 0.2) is 72.8 Å². The molecule has 4 aromatic rings. The van der Waals surface area contributed by atoms with Gasteiger partial charge in [0.2, 0.25) is 0 Å². The molecule has 0 spiro atoms. The lowest BCUT2D eigenvalue weighted by Gasteiger charge is -2.34. The Balaban J connectivity index is 0.000000281. The van der Waals surface area contributed by atoms with Crippen molar-refractivity contribution in [3.8, 4) is 23.0 Å². The normalized spacial score (nSPS) is 14.0. The summed E-state index contributed by atoms with van der Waals surface area (Å²) >= 11 is 25.6. The van der Waals surface area contributed by atoms with Crippen molar-refractivity contribution >= 4 is 80.1 Å². The van der Waals surface area contributed by atoms with Gasteiger partial charge in [0.05, 0.1) is 33.3 Å². The zero-order chi connectivity index (χ0) is 51.6. The van der Waals surface area contributed by atoms with Crippen molar-refractivity contribution in [3.63, 3.8) is 0 Å². The Morgan fingerprint density at radius 2 is 0.929 bits per heavy atom. The molecule has 0 bridgehead atoms. The van der Waals surface area contributed by atoms with Crippen molar-refractivity contribution < 1.29 is 69.2 Å². The van der Waals surface area contributed by atoms with E-state index in [-0.39, 0.29) is 56.6 Å². The van der Waals surface area contributed by atoms with E-state index >= 15 is 0 Å². The highest BCUT2D eigenvalue weighted by Crippen LogP contribution is 2.23. The molecule has 2 fully saturated rings. The van der Waals surface area contributed by atoms with Gasteiger partial charge < -0.3 is 34.3 Å². The van der Waals surface area contributed by atoms with Gasteiger partial charge in [-0.3, -0.25) is 20.4 Å². The Morgan fingerprint density at radius 3 is 1.27 bits per heavy atom. The maximum absolute atomic E-state index is 13.4. The Morgan fingerprint density at radius 1 is 0.586 bits per heavy atom. The molecule has 2 aliphatic heterocycles. The summed E-state index contributed by atoms with van der Waals surface area (Å²) in [6.45, 7) is 7.61. The second-order valence-electron chi connectivity index (χ2n) is 14.4. The molecule has 4 N–H and O–H groups in total. The Labute approximate surface area is 427 Å². The highest BCUT2D eigenvalue weighted by atomic mass is 79.9. The molecule has 0 saturated carbocycles. The maximum atomic E-state index is 13.4. The summed E-state index contributed by atoms with van der Waals surface area (Å²) in [5.74, 6) is -3.95. The number of rotatable bonds is 17. The molecule has 4 aromatic carbocycles. The van der Waals surface area contributed by atoms with Crippen LogP contribution in [0.2, 0.25) is 20.1 Å². The van der Waals surface area contributed by atoms with Crippen LogP contribution in [-0.2, 0) is 14.4 Å². The standard InChI is InChI=1S/C21H23Cl2F2N3O3.C12H15ClFN3O2.C9H9BrClFO.C2HF3O2/c22-17-4-2-15(12-19(17)24)30-11-1-6-27-7-9-28(10-8-27)26-21(29)14-31-16-3-5-18(23)20(25)13-16;13-10-2-1-9(7-11(10)14)19-8-12(18)16-17-5-3-15-4-6-17;10-4-1-5-13-7-2-3-8(11)9(12)6-7;3-2(4,5)1(6)7/h2-5,12-13H,1,6-11,14H2,(H,26,29);1-2,7,15H,3-6,8H2,(H,16,18);2-3,6H,1,4-5H2;(H,6,7). The first-order valence-corrected chi connectivity index (χ1v) is 23.6. The predicted molar refractivity (Wildman–Crippen MR) is 253 cm³/mol. The van der Waals surface area contributed by atoms with Gasteiger partial charge in [-0.15, -0.1) is 0 Å². The minimum atomic E-state index is -5.08. The van der Waals surface area contributed by atoms with Crippen LogP contribution >= 0.6 is 62.3 Å². The number of ether oxygens (including phenoxy) is 4. The number of nitrogens with zero attached hydrogens (tertiary/aromatic N) is 3. The highest BCUT2D eigenvalue weighted by Gasteiger charge is 2.38. The number of hydrogen-bond acceptors (Lipinski definition) is 11. The Kier molecular flexibility index (Phi) is 27.1. The average molecular weight is 1140 g/mol. The van der Waals surface area contributed by atoms with Gasteiger partial charge in [-0.2, -0.15) is 13.2 Å². The molecule has 0 atom stereocenters. The van der Waals surface area contributed by atoms with Crippen LogP contribution in [-0.4, -0.2) is 135 Å². The number of piperazine rings is 2. The van der Waals surface area contributed by atoms with Gasteiger partial charge in [-0.05, 0) is 61.4 Å². The number of halogens is 12. The fourth-order valence-corrected chi connectivity index (χ4v) is 6.26. The predicted octanol–water partition coefficient (Wildman–Crippen LogP) is 8.84. The lowest BCUT2D eigenvalue weighted by molar-refractivity contribution is -0.192. The van der Waals surface area contributed by atoms with E-state index < -0.39 is 35.4 Å². The topological polar surface area (TPSA) is 154 Å². The number of carboxylic acids is 1. The average Bonchev–Trinajstić information content (AvgIpc) is 3.32. The van der Waals surface area contributed by atoms with Gasteiger partial charge >= 0.3 is 12.1 Å². The van der Waals surface area contributed by atoms with E-state index in [0.717, 1.165) is 76.1 Å². The van der Waals surface area contributed by atoms with Crippen molar-refractivity contribution in [3.05, 3.63) is 116 Å². The van der Waals surface area contributed by atoms with Crippen LogP contribution in [0.4, 0.5) is 30.7 Å². The number of aliphatic carboxylic acids is 1. The third-order valence-electron chi connectivity index (χ3n) is 9.04. The third-order valence-corrected chi connectivity index (χ3v) is 10.8. The number of nitrogens with one attached hydrogen (secondary N) is 3. The van der Waals surface area contributed by atoms with E-state index in [0.29, 0.717) is 37.8 Å². The molecule has 2 saturated heterocycles. The van der Waals surface area contributed by atoms with E-state index in [9.17, 15) is 40.3 Å². The summed E-state index contributed by atoms with van der Waals surface area (Å²) in [4.78, 5) is 34.8. The lowest BCUT2D eigenvalue weighted by atomic mass is 10.3. The SMILES string of the molecule is Fc1cc(OCCCBr)ccc1Cl.O=C(COc1ccc(Cl)c(F)c1)NN1CCN(CCCOc2ccc(Cl)c(F)c2)CC1.O=C(COc1ccc(Cl)c(F)c1)NN1CCNCC1.O=C(O)C(F)(F)F. The van der Waals surface area contributed by atoms with E-state index in [2.05, 4.69) is 37.0 Å². The van der Waals surface area contributed by atoms with Gasteiger partial charge in [0.15, 0.2) is 13.2 Å². The molecule has 0 unspecified atom stereocenters. The van der Waals surface area contributed by atoms with Gasteiger partial charge in [-0.1, -0.05) is 62.3 Å². The van der Waals surface area contributed by atoms with Crippen LogP contribution in [0.1, 0.15) is 12.8 Å². The fraction of sp³-hybridized carbons (Fsp3) is 0.386. The van der Waals surface area contributed by atoms with Crippen molar-refractivity contribution in [2.45, 2.75) is 19.0 Å². The molecule has 0 radical (unpaired) electrons. The molecule has 70 heavy (non-hydrogen) atoms. The van der Waals surface area contributed by atoms with Crippen molar-refractivity contribution in [1.29, 1.82) is 0 Å². The highest BCUT2D eigenvalue weighted by molar-refractivity contribution is 9.09. The molecular weight excluding hydrogens is 1100 g/mol. The molecule has 14 nitrogen and oxygen atoms in total. The van der Waals surface area contributed by atoms with Gasteiger partial charge in [0.1, 0.15) is 46.3 Å². The molecule has 26 heteroatoms. The number of alkyl halides is 4. The number of carbonyl (C=O) groups is 3. The Hall–Kier alpha value is -4.52.